The molecule has 0 bridgehead atoms. The predicted octanol–water partition coefficient (Wildman–Crippen LogP) is 2.33. The van der Waals surface area contributed by atoms with Gasteiger partial charge >= 0.3 is 0 Å². The van der Waals surface area contributed by atoms with Crippen LogP contribution in [0.15, 0.2) is 22.8 Å². The fourth-order valence-electron chi connectivity index (χ4n) is 1.70. The number of amides is 1. The van der Waals surface area contributed by atoms with Crippen LogP contribution in [-0.2, 0) is 11.3 Å². The topological polar surface area (TPSA) is 59.5 Å². The summed E-state index contributed by atoms with van der Waals surface area (Å²) in [6, 6.07) is 3.65. The Hall–Kier alpha value is -1.36. The van der Waals surface area contributed by atoms with Gasteiger partial charge in [-0.15, -0.1) is 0 Å². The molecular weight excluding hydrogens is 248 g/mol. The van der Waals surface area contributed by atoms with Gasteiger partial charge < -0.3 is 15.1 Å². The second kappa shape index (κ2) is 6.00. The van der Waals surface area contributed by atoms with Crippen LogP contribution >= 0.6 is 12.2 Å². The molecule has 0 saturated heterocycles. The van der Waals surface area contributed by atoms with Crippen LogP contribution in [0, 0.1) is 5.41 Å². The fraction of sp³-hybridized carbons (Fsp3) is 0.538. The highest BCUT2D eigenvalue weighted by Crippen LogP contribution is 2.25. The highest BCUT2D eigenvalue weighted by molar-refractivity contribution is 7.80. The van der Waals surface area contributed by atoms with Crippen molar-refractivity contribution in [3.8, 4) is 0 Å². The molecule has 5 heteroatoms. The van der Waals surface area contributed by atoms with E-state index in [1.807, 2.05) is 19.9 Å². The molecule has 0 aliphatic carbocycles. The SMILES string of the molecule is CCN(Cc1ccco1)C(=O)C(C)(CC)C(N)=S. The summed E-state index contributed by atoms with van der Waals surface area (Å²) in [6.45, 7) is 6.68. The Morgan fingerprint density at radius 2 is 2.22 bits per heavy atom. The van der Waals surface area contributed by atoms with Gasteiger partial charge in [-0.1, -0.05) is 19.1 Å². The van der Waals surface area contributed by atoms with Crippen LogP contribution in [0.2, 0.25) is 0 Å². The minimum Gasteiger partial charge on any atom is -0.467 e. The van der Waals surface area contributed by atoms with Gasteiger partial charge in [-0.2, -0.15) is 0 Å². The summed E-state index contributed by atoms with van der Waals surface area (Å²) in [5, 5.41) is 0. The zero-order valence-corrected chi connectivity index (χ0v) is 11.9. The summed E-state index contributed by atoms with van der Waals surface area (Å²) < 4.78 is 5.26. The number of hydrogen-bond acceptors (Lipinski definition) is 3. The monoisotopic (exact) mass is 268 g/mol. The normalized spacial score (nSPS) is 13.9. The third kappa shape index (κ3) is 2.90. The van der Waals surface area contributed by atoms with Gasteiger partial charge in [-0.25, -0.2) is 0 Å². The Morgan fingerprint density at radius 1 is 1.56 bits per heavy atom. The molecule has 1 atom stereocenters. The highest BCUT2D eigenvalue weighted by Gasteiger charge is 2.37. The molecule has 2 N–H and O–H groups in total. The standard InChI is InChI=1S/C13H20N2O2S/c1-4-13(3,11(14)18)12(16)15(5-2)9-10-7-6-8-17-10/h6-8H,4-5,9H2,1-3H3,(H2,14,18). The van der Waals surface area contributed by atoms with Crippen molar-refractivity contribution in [3.63, 3.8) is 0 Å². The number of nitrogens with zero attached hydrogens (tertiary/aromatic N) is 1. The van der Waals surface area contributed by atoms with Crippen molar-refractivity contribution in [1.29, 1.82) is 0 Å². The molecule has 4 nitrogen and oxygen atoms in total. The first-order valence-corrected chi connectivity index (χ1v) is 6.48. The van der Waals surface area contributed by atoms with Gasteiger partial charge in [0.25, 0.3) is 0 Å². The first kappa shape index (κ1) is 14.7. The number of rotatable bonds is 6. The Labute approximate surface area is 113 Å². The third-order valence-corrected chi connectivity index (χ3v) is 3.77. The Morgan fingerprint density at radius 3 is 2.61 bits per heavy atom. The van der Waals surface area contributed by atoms with Gasteiger partial charge in [-0.3, -0.25) is 4.79 Å². The van der Waals surface area contributed by atoms with E-state index in [0.29, 0.717) is 19.5 Å². The van der Waals surface area contributed by atoms with E-state index in [9.17, 15) is 4.79 Å². The van der Waals surface area contributed by atoms with Crippen LogP contribution in [0.1, 0.15) is 33.0 Å². The molecule has 0 aliphatic rings. The Balaban J connectivity index is 2.88. The molecule has 0 aromatic carbocycles. The van der Waals surface area contributed by atoms with Crippen LogP contribution in [0.4, 0.5) is 0 Å². The molecule has 0 fully saturated rings. The molecule has 0 saturated carbocycles. The van der Waals surface area contributed by atoms with Crippen molar-refractivity contribution in [2.75, 3.05) is 6.54 Å². The number of thiocarbonyl (C=S) groups is 1. The van der Waals surface area contributed by atoms with E-state index in [2.05, 4.69) is 0 Å². The summed E-state index contributed by atoms with van der Waals surface area (Å²) in [6.07, 6.45) is 2.19. The lowest BCUT2D eigenvalue weighted by atomic mass is 9.85. The van der Waals surface area contributed by atoms with Crippen molar-refractivity contribution < 1.29 is 9.21 Å². The van der Waals surface area contributed by atoms with Crippen LogP contribution in [0.5, 0.6) is 0 Å². The Kier molecular flexibility index (Phi) is 4.90. The van der Waals surface area contributed by atoms with E-state index in [-0.39, 0.29) is 10.9 Å². The van der Waals surface area contributed by atoms with Crippen molar-refractivity contribution in [2.45, 2.75) is 33.7 Å². The van der Waals surface area contributed by atoms with Crippen molar-refractivity contribution in [3.05, 3.63) is 24.2 Å². The van der Waals surface area contributed by atoms with Gasteiger partial charge in [0.2, 0.25) is 5.91 Å². The number of nitrogens with two attached hydrogens (primary N) is 1. The molecule has 18 heavy (non-hydrogen) atoms. The molecule has 0 spiro atoms. The molecule has 1 heterocycles. The van der Waals surface area contributed by atoms with Gasteiger partial charge in [0.1, 0.15) is 5.76 Å². The van der Waals surface area contributed by atoms with E-state index in [4.69, 9.17) is 22.4 Å². The quantitative estimate of drug-likeness (QED) is 0.804. The van der Waals surface area contributed by atoms with Crippen LogP contribution in [0.25, 0.3) is 0 Å². The fourth-order valence-corrected chi connectivity index (χ4v) is 1.93. The average molecular weight is 268 g/mol. The second-order valence-corrected chi connectivity index (χ2v) is 4.89. The maximum atomic E-state index is 12.5. The van der Waals surface area contributed by atoms with E-state index in [1.54, 1.807) is 24.2 Å². The summed E-state index contributed by atoms with van der Waals surface area (Å²) >= 11 is 5.03. The summed E-state index contributed by atoms with van der Waals surface area (Å²) in [5.74, 6) is 0.711. The van der Waals surface area contributed by atoms with Crippen molar-refractivity contribution in [2.24, 2.45) is 11.1 Å². The zero-order valence-electron chi connectivity index (χ0n) is 11.1. The third-order valence-electron chi connectivity index (χ3n) is 3.32. The number of furan rings is 1. The second-order valence-electron chi connectivity index (χ2n) is 4.45. The van der Waals surface area contributed by atoms with E-state index in [0.717, 1.165) is 5.76 Å². The van der Waals surface area contributed by atoms with Gasteiger partial charge in [-0.05, 0) is 32.4 Å². The summed E-state index contributed by atoms with van der Waals surface area (Å²) in [7, 11) is 0. The number of carbonyl (C=O) groups is 1. The van der Waals surface area contributed by atoms with Gasteiger partial charge in [0, 0.05) is 6.54 Å². The van der Waals surface area contributed by atoms with E-state index >= 15 is 0 Å². The zero-order chi connectivity index (χ0) is 13.8. The maximum absolute atomic E-state index is 12.5. The highest BCUT2D eigenvalue weighted by atomic mass is 32.1. The van der Waals surface area contributed by atoms with Crippen molar-refractivity contribution in [1.82, 2.24) is 4.90 Å². The molecule has 0 aliphatic heterocycles. The number of hydrogen-bond donors (Lipinski definition) is 1. The summed E-state index contributed by atoms with van der Waals surface area (Å²) in [5.41, 5.74) is 4.93. The first-order valence-electron chi connectivity index (χ1n) is 6.07. The number of carbonyl (C=O) groups excluding carboxylic acids is 1. The molecule has 100 valence electrons. The van der Waals surface area contributed by atoms with Crippen molar-refractivity contribution >= 4 is 23.1 Å². The average Bonchev–Trinajstić information content (AvgIpc) is 2.86. The molecule has 1 aromatic heterocycles. The van der Waals surface area contributed by atoms with Gasteiger partial charge in [0.05, 0.1) is 23.2 Å². The molecule has 1 amide bonds. The van der Waals surface area contributed by atoms with Gasteiger partial charge in [0.15, 0.2) is 0 Å². The summed E-state index contributed by atoms with van der Waals surface area (Å²) in [4.78, 5) is 14.5. The minimum atomic E-state index is -0.780. The van der Waals surface area contributed by atoms with Crippen LogP contribution in [-0.4, -0.2) is 22.3 Å². The molecule has 0 radical (unpaired) electrons. The first-order chi connectivity index (χ1) is 8.45. The largest absolute Gasteiger partial charge is 0.467 e. The lowest BCUT2D eigenvalue weighted by Gasteiger charge is -2.32. The molecule has 1 aromatic rings. The Bertz CT molecular complexity index is 417. The van der Waals surface area contributed by atoms with E-state index in [1.165, 1.54) is 0 Å². The predicted molar refractivity (Wildman–Crippen MR) is 75.0 cm³/mol. The molecule has 1 rings (SSSR count). The van der Waals surface area contributed by atoms with E-state index < -0.39 is 5.41 Å². The maximum Gasteiger partial charge on any atom is 0.235 e. The molecular formula is C13H20N2O2S. The smallest absolute Gasteiger partial charge is 0.235 e. The lowest BCUT2D eigenvalue weighted by molar-refractivity contribution is -0.138. The van der Waals surface area contributed by atoms with Crippen LogP contribution in [0.3, 0.4) is 0 Å². The molecule has 1 unspecified atom stereocenters. The lowest BCUT2D eigenvalue weighted by Crippen LogP contribution is -2.48. The minimum absolute atomic E-state index is 0.0450. The van der Waals surface area contributed by atoms with Crippen LogP contribution < -0.4 is 5.73 Å².